The molecule has 2 aromatic heterocycles. The van der Waals surface area contributed by atoms with Crippen LogP contribution in [0.25, 0.3) is 0 Å². The third-order valence-electron chi connectivity index (χ3n) is 3.38. The molecule has 2 heterocycles. The number of aromatic nitrogens is 3. The summed E-state index contributed by atoms with van der Waals surface area (Å²) in [6.07, 6.45) is 3.90. The molecule has 20 heavy (non-hydrogen) atoms. The smallest absolute Gasteiger partial charge is 0.0596 e. The second kappa shape index (κ2) is 7.20. The summed E-state index contributed by atoms with van der Waals surface area (Å²) >= 11 is 0. The van der Waals surface area contributed by atoms with Crippen molar-refractivity contribution in [3.8, 4) is 0 Å². The lowest BCUT2D eigenvalue weighted by Crippen LogP contribution is -2.25. The van der Waals surface area contributed by atoms with Crippen molar-refractivity contribution in [3.05, 3.63) is 47.5 Å². The number of nitrogens with one attached hydrogen (secondary N) is 1. The summed E-state index contributed by atoms with van der Waals surface area (Å²) in [6, 6.07) is 8.52. The predicted molar refractivity (Wildman–Crippen MR) is 81.6 cm³/mol. The molecule has 0 fully saturated rings. The average Bonchev–Trinajstić information content (AvgIpc) is 2.84. The Morgan fingerprint density at radius 2 is 2.15 bits per heavy atom. The molecule has 1 N–H and O–H groups in total. The van der Waals surface area contributed by atoms with E-state index in [4.69, 9.17) is 0 Å². The minimum Gasteiger partial charge on any atom is -0.308 e. The summed E-state index contributed by atoms with van der Waals surface area (Å²) in [4.78, 5) is 4.50. The Balaban J connectivity index is 2.19. The molecule has 0 aromatic carbocycles. The van der Waals surface area contributed by atoms with E-state index in [0.29, 0.717) is 0 Å². The minimum atomic E-state index is 0.248. The van der Waals surface area contributed by atoms with Crippen molar-refractivity contribution < 1.29 is 0 Å². The van der Waals surface area contributed by atoms with Crippen molar-refractivity contribution in [2.75, 3.05) is 6.54 Å². The molecule has 108 valence electrons. The zero-order valence-electron chi connectivity index (χ0n) is 12.6. The van der Waals surface area contributed by atoms with Gasteiger partial charge in [-0.1, -0.05) is 13.0 Å². The van der Waals surface area contributed by atoms with Crippen LogP contribution in [0, 0.1) is 6.92 Å². The molecular formula is C16H24N4. The number of hydrogen-bond donors (Lipinski definition) is 1. The van der Waals surface area contributed by atoms with E-state index in [0.717, 1.165) is 37.3 Å². The molecule has 4 nitrogen and oxygen atoms in total. The molecule has 1 atom stereocenters. The second-order valence-electron chi connectivity index (χ2n) is 5.06. The molecule has 0 aliphatic heterocycles. The van der Waals surface area contributed by atoms with Gasteiger partial charge in [-0.2, -0.15) is 5.10 Å². The Labute approximate surface area is 121 Å². The van der Waals surface area contributed by atoms with Crippen molar-refractivity contribution in [2.45, 2.75) is 46.2 Å². The summed E-state index contributed by atoms with van der Waals surface area (Å²) in [5.41, 5.74) is 3.45. The van der Waals surface area contributed by atoms with E-state index in [-0.39, 0.29) is 6.04 Å². The fraction of sp³-hybridized carbons (Fsp3) is 0.500. The molecule has 0 bridgehead atoms. The first-order valence-corrected chi connectivity index (χ1v) is 7.42. The molecule has 0 saturated carbocycles. The van der Waals surface area contributed by atoms with Crippen LogP contribution in [0.3, 0.4) is 0 Å². The fourth-order valence-electron chi connectivity index (χ4n) is 2.43. The van der Waals surface area contributed by atoms with Gasteiger partial charge in [-0.15, -0.1) is 0 Å². The van der Waals surface area contributed by atoms with E-state index < -0.39 is 0 Å². The van der Waals surface area contributed by atoms with Crippen molar-refractivity contribution in [1.29, 1.82) is 0 Å². The number of hydrogen-bond acceptors (Lipinski definition) is 3. The molecule has 0 spiro atoms. The van der Waals surface area contributed by atoms with Crippen LogP contribution in [-0.4, -0.2) is 21.3 Å². The summed E-state index contributed by atoms with van der Waals surface area (Å²) in [5.74, 6) is 0. The first-order valence-electron chi connectivity index (χ1n) is 7.42. The van der Waals surface area contributed by atoms with Crippen LogP contribution in [0.4, 0.5) is 0 Å². The number of pyridine rings is 1. The summed E-state index contributed by atoms with van der Waals surface area (Å²) < 4.78 is 2.08. The van der Waals surface area contributed by atoms with Gasteiger partial charge in [-0.3, -0.25) is 9.67 Å². The molecular weight excluding hydrogens is 248 g/mol. The van der Waals surface area contributed by atoms with Crippen molar-refractivity contribution in [3.63, 3.8) is 0 Å². The highest BCUT2D eigenvalue weighted by Crippen LogP contribution is 2.17. The Morgan fingerprint density at radius 3 is 2.80 bits per heavy atom. The molecule has 0 saturated heterocycles. The lowest BCUT2D eigenvalue weighted by Gasteiger charge is -2.18. The van der Waals surface area contributed by atoms with E-state index in [1.807, 2.05) is 25.3 Å². The van der Waals surface area contributed by atoms with Gasteiger partial charge in [0.1, 0.15) is 0 Å². The first kappa shape index (κ1) is 14.7. The summed E-state index contributed by atoms with van der Waals surface area (Å²) in [5, 5.41) is 8.12. The molecule has 4 heteroatoms. The maximum atomic E-state index is 4.52. The Hall–Kier alpha value is -1.68. The first-order chi connectivity index (χ1) is 9.74. The number of aryl methyl sites for hydroxylation is 2. The van der Waals surface area contributed by atoms with Gasteiger partial charge in [0.2, 0.25) is 0 Å². The largest absolute Gasteiger partial charge is 0.308 e. The molecule has 0 amide bonds. The molecule has 2 rings (SSSR count). The number of nitrogens with zero attached hydrogens (tertiary/aromatic N) is 3. The fourth-order valence-corrected chi connectivity index (χ4v) is 2.43. The summed E-state index contributed by atoms with van der Waals surface area (Å²) in [7, 11) is 0. The molecule has 1 unspecified atom stereocenters. The lowest BCUT2D eigenvalue weighted by atomic mass is 10.1. The Morgan fingerprint density at radius 1 is 1.30 bits per heavy atom. The zero-order chi connectivity index (χ0) is 14.4. The monoisotopic (exact) mass is 272 g/mol. The molecule has 0 radical (unpaired) electrons. The third kappa shape index (κ3) is 3.67. The van der Waals surface area contributed by atoms with Crippen molar-refractivity contribution in [2.24, 2.45) is 0 Å². The van der Waals surface area contributed by atoms with Gasteiger partial charge in [0.25, 0.3) is 0 Å². The maximum Gasteiger partial charge on any atom is 0.0596 e. The van der Waals surface area contributed by atoms with Crippen LogP contribution in [0.2, 0.25) is 0 Å². The quantitative estimate of drug-likeness (QED) is 0.842. The number of rotatable bonds is 7. The van der Waals surface area contributed by atoms with Crippen molar-refractivity contribution in [1.82, 2.24) is 20.1 Å². The second-order valence-corrected chi connectivity index (χ2v) is 5.06. The van der Waals surface area contributed by atoms with Gasteiger partial charge in [0, 0.05) is 24.9 Å². The van der Waals surface area contributed by atoms with Crippen molar-refractivity contribution >= 4 is 0 Å². The van der Waals surface area contributed by atoms with E-state index in [2.05, 4.69) is 46.1 Å². The van der Waals surface area contributed by atoms with Gasteiger partial charge >= 0.3 is 0 Å². The van der Waals surface area contributed by atoms with E-state index >= 15 is 0 Å². The SMILES string of the molecule is CCCNC(Cc1cc(C)nn1CC)c1ccccn1. The zero-order valence-corrected chi connectivity index (χ0v) is 12.6. The van der Waals surface area contributed by atoms with Crippen LogP contribution in [0.1, 0.15) is 43.4 Å². The highest BCUT2D eigenvalue weighted by atomic mass is 15.3. The third-order valence-corrected chi connectivity index (χ3v) is 3.38. The van der Waals surface area contributed by atoms with Gasteiger partial charge in [-0.25, -0.2) is 0 Å². The predicted octanol–water partition coefficient (Wildman–Crippen LogP) is 2.89. The van der Waals surface area contributed by atoms with Crippen LogP contribution in [0.15, 0.2) is 30.5 Å². The normalized spacial score (nSPS) is 12.6. The molecule has 0 aliphatic rings. The van der Waals surface area contributed by atoms with Crippen LogP contribution < -0.4 is 5.32 Å². The van der Waals surface area contributed by atoms with Crippen LogP contribution in [0.5, 0.6) is 0 Å². The van der Waals surface area contributed by atoms with E-state index in [9.17, 15) is 0 Å². The minimum absolute atomic E-state index is 0.248. The van der Waals surface area contributed by atoms with E-state index in [1.54, 1.807) is 0 Å². The van der Waals surface area contributed by atoms with Crippen LogP contribution in [-0.2, 0) is 13.0 Å². The van der Waals surface area contributed by atoms with Crippen LogP contribution >= 0.6 is 0 Å². The van der Waals surface area contributed by atoms with E-state index in [1.165, 1.54) is 5.69 Å². The summed E-state index contributed by atoms with van der Waals surface area (Å²) in [6.45, 7) is 8.27. The lowest BCUT2D eigenvalue weighted by molar-refractivity contribution is 0.493. The molecule has 2 aromatic rings. The van der Waals surface area contributed by atoms with Gasteiger partial charge in [-0.05, 0) is 45.0 Å². The topological polar surface area (TPSA) is 42.7 Å². The highest BCUT2D eigenvalue weighted by Gasteiger charge is 2.15. The Kier molecular flexibility index (Phi) is 5.30. The van der Waals surface area contributed by atoms with Gasteiger partial charge in [0.15, 0.2) is 0 Å². The molecule has 0 aliphatic carbocycles. The standard InChI is InChI=1S/C16H24N4/c1-4-9-17-16(15-8-6-7-10-18-15)12-14-11-13(3)19-20(14)5-2/h6-8,10-11,16-17H,4-5,9,12H2,1-3H3. The van der Waals surface area contributed by atoms with Gasteiger partial charge < -0.3 is 5.32 Å². The Bertz CT molecular complexity index is 519. The maximum absolute atomic E-state index is 4.52. The van der Waals surface area contributed by atoms with Gasteiger partial charge in [0.05, 0.1) is 17.4 Å². The average molecular weight is 272 g/mol. The highest BCUT2D eigenvalue weighted by molar-refractivity contribution is 5.16.